The fourth-order valence-corrected chi connectivity index (χ4v) is 3.30. The van der Waals surface area contributed by atoms with Gasteiger partial charge in [0.1, 0.15) is 17.0 Å². The number of guanidine groups is 1. The Kier molecular flexibility index (Phi) is 4.70. The average Bonchev–Trinajstić information content (AvgIpc) is 2.60. The van der Waals surface area contributed by atoms with Crippen molar-refractivity contribution < 1.29 is 27.8 Å². The van der Waals surface area contributed by atoms with E-state index in [1.54, 1.807) is 25.1 Å². The van der Waals surface area contributed by atoms with Gasteiger partial charge in [-0.1, -0.05) is 24.3 Å². The fourth-order valence-electron chi connectivity index (χ4n) is 3.30. The number of phenols is 1. The highest BCUT2D eigenvalue weighted by Crippen LogP contribution is 2.45. The highest BCUT2D eigenvalue weighted by atomic mass is 19.4. The number of aliphatic imine (C=N–C) groups is 1. The van der Waals surface area contributed by atoms with E-state index < -0.39 is 23.6 Å². The number of likely N-dealkylation sites (N-methyl/N-ethyl adjacent to an activating group) is 1. The van der Waals surface area contributed by atoms with Gasteiger partial charge in [0.25, 0.3) is 0 Å². The molecule has 2 atom stereocenters. The molecule has 0 bridgehead atoms. The molecule has 0 aliphatic carbocycles. The Balaban J connectivity index is 2.15. The Morgan fingerprint density at radius 2 is 1.86 bits per heavy atom. The first-order chi connectivity index (χ1) is 13.0. The molecule has 1 heterocycles. The van der Waals surface area contributed by atoms with Crippen molar-refractivity contribution >= 4 is 11.9 Å². The molecule has 0 fully saturated rings. The fraction of sp³-hybridized carbons (Fsp3) is 0.263. The molecule has 1 aliphatic heterocycles. The molecule has 1 aliphatic rings. The summed E-state index contributed by atoms with van der Waals surface area (Å²) in [6.07, 6.45) is -4.85. The van der Waals surface area contributed by atoms with E-state index >= 15 is 0 Å². The van der Waals surface area contributed by atoms with Crippen molar-refractivity contribution in [1.82, 2.24) is 4.90 Å². The van der Waals surface area contributed by atoms with Crippen LogP contribution in [0.3, 0.4) is 0 Å². The first-order valence-electron chi connectivity index (χ1n) is 8.29. The number of benzene rings is 2. The molecule has 0 saturated heterocycles. The topological polar surface area (TPSA) is 88.2 Å². The van der Waals surface area contributed by atoms with Gasteiger partial charge in [-0.25, -0.2) is 4.99 Å². The smallest absolute Gasteiger partial charge is 0.508 e. The zero-order chi connectivity index (χ0) is 20.7. The summed E-state index contributed by atoms with van der Waals surface area (Å²) in [4.78, 5) is 18.6. The number of hydrogen-bond donors (Lipinski definition) is 2. The van der Waals surface area contributed by atoms with Gasteiger partial charge in [-0.05, 0) is 42.3 Å². The molecule has 0 saturated carbocycles. The summed E-state index contributed by atoms with van der Waals surface area (Å²) in [6, 6.07) is 11.3. The molecular weight excluding hydrogens is 375 g/mol. The average molecular weight is 393 g/mol. The van der Waals surface area contributed by atoms with Crippen molar-refractivity contribution in [3.8, 4) is 11.5 Å². The number of phenolic OH excluding ortho intramolecular Hbond substituents is 1. The van der Waals surface area contributed by atoms with Crippen molar-refractivity contribution in [1.29, 1.82) is 0 Å². The molecule has 3 N–H and O–H groups in total. The van der Waals surface area contributed by atoms with Gasteiger partial charge < -0.3 is 15.6 Å². The second-order valence-electron chi connectivity index (χ2n) is 6.61. The molecule has 0 radical (unpaired) electrons. The molecule has 1 amide bonds. The van der Waals surface area contributed by atoms with Gasteiger partial charge in [-0.2, -0.15) is 0 Å². The maximum Gasteiger partial charge on any atom is 0.573 e. The molecule has 0 spiro atoms. The van der Waals surface area contributed by atoms with Gasteiger partial charge in [-0.3, -0.25) is 9.69 Å². The largest absolute Gasteiger partial charge is 0.573 e. The standard InChI is InChI=1S/C19H18F3N3O3/c1-18(12-4-3-5-14(10-12)28-19(20,21)22)15(11-6-8-13(26)9-7-11)16(27)25(2)17(23)24-18/h3-10,15,26H,1-2H3,(H2,23,24)/t15?,18-/m1/s1. The van der Waals surface area contributed by atoms with Crippen LogP contribution in [-0.2, 0) is 10.3 Å². The van der Waals surface area contributed by atoms with Gasteiger partial charge in [0.05, 0.1) is 5.92 Å². The van der Waals surface area contributed by atoms with Gasteiger partial charge in [0.2, 0.25) is 5.91 Å². The summed E-state index contributed by atoms with van der Waals surface area (Å²) in [7, 11) is 1.47. The SMILES string of the molecule is CN1C(=O)C(c2ccc(O)cc2)[C@@](C)(c2cccc(OC(F)(F)F)c2)N=C1N. The molecule has 9 heteroatoms. The van der Waals surface area contributed by atoms with Crippen molar-refractivity contribution in [3.63, 3.8) is 0 Å². The van der Waals surface area contributed by atoms with Crippen molar-refractivity contribution in [3.05, 3.63) is 59.7 Å². The lowest BCUT2D eigenvalue weighted by Crippen LogP contribution is -2.52. The number of hydrogen-bond acceptors (Lipinski definition) is 5. The van der Waals surface area contributed by atoms with Crippen LogP contribution in [-0.4, -0.2) is 35.3 Å². The van der Waals surface area contributed by atoms with E-state index in [9.17, 15) is 23.1 Å². The number of amides is 1. The lowest BCUT2D eigenvalue weighted by atomic mass is 9.74. The zero-order valence-electron chi connectivity index (χ0n) is 15.1. The van der Waals surface area contributed by atoms with E-state index in [1.165, 1.54) is 42.3 Å². The maximum absolute atomic E-state index is 13.0. The van der Waals surface area contributed by atoms with E-state index in [0.717, 1.165) is 0 Å². The second kappa shape index (κ2) is 6.74. The minimum atomic E-state index is -4.85. The number of nitrogens with two attached hydrogens (primary N) is 1. The Morgan fingerprint density at radius 1 is 1.21 bits per heavy atom. The lowest BCUT2D eigenvalue weighted by molar-refractivity contribution is -0.274. The third-order valence-electron chi connectivity index (χ3n) is 4.71. The van der Waals surface area contributed by atoms with E-state index in [-0.39, 0.29) is 17.6 Å². The van der Waals surface area contributed by atoms with E-state index in [2.05, 4.69) is 9.73 Å². The van der Waals surface area contributed by atoms with Gasteiger partial charge in [-0.15, -0.1) is 13.2 Å². The van der Waals surface area contributed by atoms with Crippen LogP contribution < -0.4 is 10.5 Å². The number of nitrogens with zero attached hydrogens (tertiary/aromatic N) is 2. The van der Waals surface area contributed by atoms with E-state index in [0.29, 0.717) is 11.1 Å². The maximum atomic E-state index is 13.0. The number of aromatic hydroxyl groups is 1. The summed E-state index contributed by atoms with van der Waals surface area (Å²) in [5, 5.41) is 9.54. The molecule has 6 nitrogen and oxygen atoms in total. The molecule has 28 heavy (non-hydrogen) atoms. The molecule has 2 aromatic rings. The minimum Gasteiger partial charge on any atom is -0.508 e. The van der Waals surface area contributed by atoms with Crippen LogP contribution in [0.1, 0.15) is 24.0 Å². The third kappa shape index (κ3) is 3.60. The van der Waals surface area contributed by atoms with Crippen LogP contribution >= 0.6 is 0 Å². The van der Waals surface area contributed by atoms with Gasteiger partial charge in [0, 0.05) is 7.05 Å². The highest BCUT2D eigenvalue weighted by Gasteiger charge is 2.47. The first-order valence-corrected chi connectivity index (χ1v) is 8.29. The first kappa shape index (κ1) is 19.5. The van der Waals surface area contributed by atoms with Crippen LogP contribution in [0.5, 0.6) is 11.5 Å². The van der Waals surface area contributed by atoms with Gasteiger partial charge in [0.15, 0.2) is 5.96 Å². The summed E-state index contributed by atoms with van der Waals surface area (Å²) in [5.41, 5.74) is 5.48. The Morgan fingerprint density at radius 3 is 2.46 bits per heavy atom. The number of ether oxygens (including phenoxy) is 1. The molecule has 0 aromatic heterocycles. The van der Waals surface area contributed by atoms with Crippen LogP contribution in [0.25, 0.3) is 0 Å². The normalized spacial score (nSPS) is 22.8. The summed E-state index contributed by atoms with van der Waals surface area (Å²) in [5.74, 6) is -1.69. The summed E-state index contributed by atoms with van der Waals surface area (Å²) in [6.45, 7) is 1.62. The number of carbonyl (C=O) groups excluding carboxylic acids is 1. The van der Waals surface area contributed by atoms with Crippen molar-refractivity contribution in [2.75, 3.05) is 7.05 Å². The van der Waals surface area contributed by atoms with Crippen LogP contribution in [0, 0.1) is 0 Å². The van der Waals surface area contributed by atoms with Crippen molar-refractivity contribution in [2.45, 2.75) is 24.7 Å². The number of carbonyl (C=O) groups is 1. The minimum absolute atomic E-state index is 0.0191. The van der Waals surface area contributed by atoms with Crippen LogP contribution in [0.4, 0.5) is 13.2 Å². The predicted molar refractivity (Wildman–Crippen MR) is 95.7 cm³/mol. The second-order valence-corrected chi connectivity index (χ2v) is 6.61. The van der Waals surface area contributed by atoms with E-state index in [1.807, 2.05) is 0 Å². The molecule has 1 unspecified atom stereocenters. The molecular formula is C19H18F3N3O3. The third-order valence-corrected chi connectivity index (χ3v) is 4.71. The highest BCUT2D eigenvalue weighted by molar-refractivity contribution is 6.02. The number of alkyl halides is 3. The molecule has 2 aromatic carbocycles. The summed E-state index contributed by atoms with van der Waals surface area (Å²) < 4.78 is 41.8. The summed E-state index contributed by atoms with van der Waals surface area (Å²) >= 11 is 0. The predicted octanol–water partition coefficient (Wildman–Crippen LogP) is 3.08. The number of halogens is 3. The lowest BCUT2D eigenvalue weighted by Gasteiger charge is -2.41. The van der Waals surface area contributed by atoms with Crippen LogP contribution in [0.2, 0.25) is 0 Å². The Hall–Kier alpha value is -3.23. The Bertz CT molecular complexity index is 928. The van der Waals surface area contributed by atoms with Gasteiger partial charge >= 0.3 is 6.36 Å². The van der Waals surface area contributed by atoms with Crippen LogP contribution in [0.15, 0.2) is 53.5 Å². The molecule has 3 rings (SSSR count). The van der Waals surface area contributed by atoms with E-state index in [4.69, 9.17) is 5.73 Å². The number of rotatable bonds is 3. The monoisotopic (exact) mass is 393 g/mol. The van der Waals surface area contributed by atoms with Crippen molar-refractivity contribution in [2.24, 2.45) is 10.7 Å². The molecule has 148 valence electrons. The zero-order valence-corrected chi connectivity index (χ0v) is 15.1. The Labute approximate surface area is 159 Å². The quantitative estimate of drug-likeness (QED) is 0.839.